The van der Waals surface area contributed by atoms with Crippen LogP contribution in [0.4, 0.5) is 0 Å². The number of aliphatic carboxylic acids is 1. The topological polar surface area (TPSA) is 60.4 Å². The molecule has 0 radical (unpaired) electrons. The van der Waals surface area contributed by atoms with E-state index in [1.54, 1.807) is 0 Å². The summed E-state index contributed by atoms with van der Waals surface area (Å²) in [6, 6.07) is 0. The Morgan fingerprint density at radius 1 is 0.778 bits per heavy atom. The Kier molecular flexibility index (Phi) is 16.0. The van der Waals surface area contributed by atoms with Gasteiger partial charge < -0.3 is 19.5 Å². The van der Waals surface area contributed by atoms with Crippen LogP contribution in [0, 0.1) is 5.92 Å². The molecule has 0 aromatic carbocycles. The molecule has 162 valence electrons. The average molecular weight is 386 g/mol. The van der Waals surface area contributed by atoms with E-state index in [9.17, 15) is 15.0 Å². The van der Waals surface area contributed by atoms with E-state index in [2.05, 4.69) is 6.92 Å². The SMILES string of the molecule is CCCCCCCCCCCCCCCCC(C(=O)[O-])C(O)C[N+](C)(C)C. The monoisotopic (exact) mass is 385 g/mol. The van der Waals surface area contributed by atoms with Crippen molar-refractivity contribution in [3.63, 3.8) is 0 Å². The van der Waals surface area contributed by atoms with Crippen LogP contribution >= 0.6 is 0 Å². The van der Waals surface area contributed by atoms with Gasteiger partial charge in [-0.25, -0.2) is 0 Å². The summed E-state index contributed by atoms with van der Waals surface area (Å²) in [5.74, 6) is -1.84. The van der Waals surface area contributed by atoms with Crippen molar-refractivity contribution in [3.05, 3.63) is 0 Å². The molecule has 0 bridgehead atoms. The molecule has 27 heavy (non-hydrogen) atoms. The molecule has 0 amide bonds. The number of rotatable bonds is 19. The molecule has 0 aliphatic heterocycles. The highest BCUT2D eigenvalue weighted by Gasteiger charge is 2.25. The minimum Gasteiger partial charge on any atom is -0.550 e. The number of aliphatic hydroxyl groups is 1. The van der Waals surface area contributed by atoms with E-state index in [-0.39, 0.29) is 0 Å². The molecular formula is C23H47NO3. The molecule has 4 nitrogen and oxygen atoms in total. The van der Waals surface area contributed by atoms with Crippen LogP contribution in [0.5, 0.6) is 0 Å². The summed E-state index contributed by atoms with van der Waals surface area (Å²) >= 11 is 0. The van der Waals surface area contributed by atoms with Crippen molar-refractivity contribution in [3.8, 4) is 0 Å². The maximum absolute atomic E-state index is 11.3. The number of hydrogen-bond acceptors (Lipinski definition) is 3. The van der Waals surface area contributed by atoms with Crippen LogP contribution in [-0.4, -0.2) is 49.4 Å². The Hall–Kier alpha value is -0.610. The molecule has 0 rings (SSSR count). The van der Waals surface area contributed by atoms with E-state index in [0.717, 1.165) is 12.8 Å². The average Bonchev–Trinajstić information content (AvgIpc) is 2.56. The second-order valence-electron chi connectivity index (χ2n) is 9.35. The van der Waals surface area contributed by atoms with E-state index in [0.29, 0.717) is 17.4 Å². The Labute approximate surface area is 168 Å². The molecular weight excluding hydrogens is 338 g/mol. The summed E-state index contributed by atoms with van der Waals surface area (Å²) in [6.45, 7) is 2.70. The molecule has 4 heteroatoms. The fraction of sp³-hybridized carbons (Fsp3) is 0.957. The van der Waals surface area contributed by atoms with Crippen LogP contribution in [0.1, 0.15) is 103 Å². The van der Waals surface area contributed by atoms with Crippen molar-refractivity contribution in [1.29, 1.82) is 0 Å². The van der Waals surface area contributed by atoms with Crippen LogP contribution in [-0.2, 0) is 4.79 Å². The van der Waals surface area contributed by atoms with Gasteiger partial charge >= 0.3 is 0 Å². The highest BCUT2D eigenvalue weighted by atomic mass is 16.4. The maximum atomic E-state index is 11.3. The maximum Gasteiger partial charge on any atom is 0.111 e. The molecule has 0 spiro atoms. The van der Waals surface area contributed by atoms with Crippen LogP contribution in [0.25, 0.3) is 0 Å². The van der Waals surface area contributed by atoms with Gasteiger partial charge in [-0.05, 0) is 6.42 Å². The normalized spacial score (nSPS) is 14.3. The number of unbranched alkanes of at least 4 members (excludes halogenated alkanes) is 13. The molecule has 1 N–H and O–H groups in total. The highest BCUT2D eigenvalue weighted by molar-refractivity contribution is 5.68. The summed E-state index contributed by atoms with van der Waals surface area (Å²) in [4.78, 5) is 11.3. The summed E-state index contributed by atoms with van der Waals surface area (Å²) in [7, 11) is 5.88. The number of hydrogen-bond donors (Lipinski definition) is 1. The summed E-state index contributed by atoms with van der Waals surface area (Å²) in [5.41, 5.74) is 0. The zero-order chi connectivity index (χ0) is 20.5. The standard InChI is InChI=1S/C23H47NO3/c1-5-6-7-8-9-10-11-12-13-14-15-16-17-18-19-21(23(26)27)22(25)20-24(2,3)4/h21-22,25H,5-20H2,1-4H3. The van der Waals surface area contributed by atoms with Gasteiger partial charge in [0.2, 0.25) is 0 Å². The third-order valence-electron chi connectivity index (χ3n) is 5.37. The molecule has 2 unspecified atom stereocenters. The van der Waals surface area contributed by atoms with Gasteiger partial charge in [-0.15, -0.1) is 0 Å². The minimum absolute atomic E-state index is 0.442. The van der Waals surface area contributed by atoms with Gasteiger partial charge in [-0.3, -0.25) is 0 Å². The largest absolute Gasteiger partial charge is 0.550 e. The van der Waals surface area contributed by atoms with Crippen LogP contribution in [0.15, 0.2) is 0 Å². The predicted octanol–water partition coefficient (Wildman–Crippen LogP) is 4.29. The van der Waals surface area contributed by atoms with Crippen molar-refractivity contribution in [1.82, 2.24) is 0 Å². The van der Waals surface area contributed by atoms with Crippen LogP contribution in [0.2, 0.25) is 0 Å². The first-order valence-electron chi connectivity index (χ1n) is 11.5. The van der Waals surface area contributed by atoms with Crippen molar-refractivity contribution >= 4 is 5.97 Å². The second-order valence-corrected chi connectivity index (χ2v) is 9.35. The van der Waals surface area contributed by atoms with E-state index < -0.39 is 18.0 Å². The van der Waals surface area contributed by atoms with Crippen LogP contribution in [0.3, 0.4) is 0 Å². The third-order valence-corrected chi connectivity index (χ3v) is 5.37. The van der Waals surface area contributed by atoms with E-state index in [1.165, 1.54) is 77.0 Å². The van der Waals surface area contributed by atoms with Crippen molar-refractivity contribution in [2.24, 2.45) is 5.92 Å². The Morgan fingerprint density at radius 2 is 1.15 bits per heavy atom. The van der Waals surface area contributed by atoms with Crippen molar-refractivity contribution < 1.29 is 19.5 Å². The Bertz CT molecular complexity index is 352. The number of nitrogens with zero attached hydrogens (tertiary/aromatic N) is 1. The summed E-state index contributed by atoms with van der Waals surface area (Å²) in [5, 5.41) is 21.5. The lowest BCUT2D eigenvalue weighted by molar-refractivity contribution is -0.874. The molecule has 0 aromatic rings. The lowest BCUT2D eigenvalue weighted by atomic mass is 9.94. The molecule has 0 saturated carbocycles. The quantitative estimate of drug-likeness (QED) is 0.266. The van der Waals surface area contributed by atoms with Gasteiger partial charge in [0.15, 0.2) is 0 Å². The molecule has 0 aromatic heterocycles. The molecule has 2 atom stereocenters. The van der Waals surface area contributed by atoms with Gasteiger partial charge in [-0.2, -0.15) is 0 Å². The van der Waals surface area contributed by atoms with E-state index >= 15 is 0 Å². The summed E-state index contributed by atoms with van der Waals surface area (Å²) < 4.78 is 0.559. The lowest BCUT2D eigenvalue weighted by Crippen LogP contribution is -2.48. The number of carboxylic acid groups (broad SMARTS) is 1. The molecule has 0 aliphatic rings. The Balaban J connectivity index is 3.57. The van der Waals surface area contributed by atoms with Crippen molar-refractivity contribution in [2.75, 3.05) is 27.7 Å². The fourth-order valence-corrected chi connectivity index (χ4v) is 3.71. The number of aliphatic hydroxyl groups excluding tert-OH is 1. The number of carbonyl (C=O) groups excluding carboxylic acids is 1. The zero-order valence-corrected chi connectivity index (χ0v) is 18.7. The first-order chi connectivity index (χ1) is 12.8. The predicted molar refractivity (Wildman–Crippen MR) is 112 cm³/mol. The number of carbonyl (C=O) groups is 1. The van der Waals surface area contributed by atoms with Crippen LogP contribution < -0.4 is 5.11 Å². The van der Waals surface area contributed by atoms with Crippen molar-refractivity contribution in [2.45, 2.75) is 109 Å². The van der Waals surface area contributed by atoms with Gasteiger partial charge in [-0.1, -0.05) is 96.8 Å². The zero-order valence-electron chi connectivity index (χ0n) is 18.7. The van der Waals surface area contributed by atoms with Gasteiger partial charge in [0.1, 0.15) is 12.6 Å². The fourth-order valence-electron chi connectivity index (χ4n) is 3.71. The third kappa shape index (κ3) is 17.2. The molecule has 0 heterocycles. The Morgan fingerprint density at radius 3 is 1.48 bits per heavy atom. The molecule has 0 saturated heterocycles. The number of quaternary nitrogens is 1. The molecule has 0 aliphatic carbocycles. The van der Waals surface area contributed by atoms with Gasteiger partial charge in [0, 0.05) is 11.9 Å². The van der Waals surface area contributed by atoms with Gasteiger partial charge in [0.05, 0.1) is 21.1 Å². The second kappa shape index (κ2) is 16.4. The highest BCUT2D eigenvalue weighted by Crippen LogP contribution is 2.18. The number of likely N-dealkylation sites (N-methyl/N-ethyl adjacent to an activating group) is 1. The smallest absolute Gasteiger partial charge is 0.111 e. The number of carboxylic acids is 1. The minimum atomic E-state index is -1.11. The molecule has 0 fully saturated rings. The van der Waals surface area contributed by atoms with E-state index in [4.69, 9.17) is 0 Å². The first-order valence-corrected chi connectivity index (χ1v) is 11.5. The van der Waals surface area contributed by atoms with E-state index in [1.807, 2.05) is 21.1 Å². The summed E-state index contributed by atoms with van der Waals surface area (Å²) in [6.07, 6.45) is 17.7. The van der Waals surface area contributed by atoms with Gasteiger partial charge in [0.25, 0.3) is 0 Å². The first kappa shape index (κ1) is 26.4. The lowest BCUT2D eigenvalue weighted by Gasteiger charge is -2.31.